The Hall–Kier alpha value is -3.75. The average Bonchev–Trinajstić information content (AvgIpc) is 3.30. The number of halogens is 4. The summed E-state index contributed by atoms with van der Waals surface area (Å²) in [5.74, 6) is -2.36. The molecule has 3 aromatic heterocycles. The molecule has 15 heteroatoms. The van der Waals surface area contributed by atoms with Crippen LogP contribution in [0.25, 0.3) is 11.4 Å². The minimum absolute atomic E-state index is 0.0312. The third kappa shape index (κ3) is 6.03. The number of pyridine rings is 2. The van der Waals surface area contributed by atoms with Gasteiger partial charge in [0.2, 0.25) is 11.7 Å². The van der Waals surface area contributed by atoms with Gasteiger partial charge in [-0.15, -0.1) is 13.2 Å². The van der Waals surface area contributed by atoms with Crippen LogP contribution in [0, 0.1) is 0 Å². The molecule has 1 aliphatic heterocycles. The van der Waals surface area contributed by atoms with Crippen molar-refractivity contribution in [3.05, 3.63) is 46.7 Å². The second kappa shape index (κ2) is 9.85. The number of anilines is 1. The van der Waals surface area contributed by atoms with Crippen LogP contribution in [0.3, 0.4) is 0 Å². The molecular weight excluding hydrogens is 541 g/mol. The smallest absolute Gasteiger partial charge is 0.465 e. The van der Waals surface area contributed by atoms with Crippen molar-refractivity contribution in [3.8, 4) is 17.1 Å². The average molecular weight is 557 g/mol. The third-order valence-corrected chi connectivity index (χ3v) is 5.44. The van der Waals surface area contributed by atoms with Crippen LogP contribution in [-0.2, 0) is 0 Å². The summed E-state index contributed by atoms with van der Waals surface area (Å²) in [4.78, 5) is 36.9. The molecule has 1 atom stereocenters. The van der Waals surface area contributed by atoms with Crippen LogP contribution >= 0.6 is 15.9 Å². The van der Waals surface area contributed by atoms with E-state index < -0.39 is 29.9 Å². The normalized spacial score (nSPS) is 16.1. The van der Waals surface area contributed by atoms with E-state index in [-0.39, 0.29) is 35.4 Å². The zero-order chi connectivity index (χ0) is 25.2. The van der Waals surface area contributed by atoms with Gasteiger partial charge < -0.3 is 24.6 Å². The number of rotatable bonds is 5. The number of hydrogen-bond donors (Lipinski definition) is 2. The maximum atomic E-state index is 13.0. The van der Waals surface area contributed by atoms with Crippen molar-refractivity contribution < 1.29 is 37.1 Å². The number of carboxylic acid groups (broad SMARTS) is 1. The summed E-state index contributed by atoms with van der Waals surface area (Å²) in [6, 6.07) is 5.44. The molecule has 0 aliphatic carbocycles. The number of nitrogens with zero attached hydrogens (tertiary/aromatic N) is 5. The minimum atomic E-state index is -5.07. The Kier molecular flexibility index (Phi) is 6.86. The Labute approximate surface area is 203 Å². The first-order valence-corrected chi connectivity index (χ1v) is 10.9. The molecule has 1 saturated heterocycles. The van der Waals surface area contributed by atoms with E-state index in [1.807, 2.05) is 0 Å². The summed E-state index contributed by atoms with van der Waals surface area (Å²) in [5.41, 5.74) is -0.0300. The van der Waals surface area contributed by atoms with Gasteiger partial charge in [0.1, 0.15) is 10.3 Å². The van der Waals surface area contributed by atoms with E-state index in [4.69, 9.17) is 4.52 Å². The third-order valence-electron chi connectivity index (χ3n) is 5.00. The lowest BCUT2D eigenvalue weighted by molar-refractivity contribution is -0.274. The van der Waals surface area contributed by atoms with E-state index in [1.54, 1.807) is 6.07 Å². The lowest BCUT2D eigenvalue weighted by atomic mass is 9.98. The Morgan fingerprint density at radius 3 is 2.80 bits per heavy atom. The summed E-state index contributed by atoms with van der Waals surface area (Å²) in [6.45, 7) is 0.545. The molecule has 1 fully saturated rings. The second-order valence-electron chi connectivity index (χ2n) is 7.44. The highest BCUT2D eigenvalue weighted by molar-refractivity contribution is 9.10. The lowest BCUT2D eigenvalue weighted by Gasteiger charge is -2.28. The summed E-state index contributed by atoms with van der Waals surface area (Å²) < 4.78 is 48.8. The van der Waals surface area contributed by atoms with Gasteiger partial charge in [-0.25, -0.2) is 14.8 Å². The van der Waals surface area contributed by atoms with Crippen molar-refractivity contribution in [1.82, 2.24) is 25.0 Å². The molecule has 0 bridgehead atoms. The van der Waals surface area contributed by atoms with E-state index in [2.05, 4.69) is 46.1 Å². The van der Waals surface area contributed by atoms with Crippen LogP contribution in [0.15, 0.2) is 39.6 Å². The van der Waals surface area contributed by atoms with Crippen molar-refractivity contribution in [1.29, 1.82) is 0 Å². The van der Waals surface area contributed by atoms with Crippen LogP contribution in [-0.4, -0.2) is 61.6 Å². The minimum Gasteiger partial charge on any atom is -0.465 e. The van der Waals surface area contributed by atoms with Crippen molar-refractivity contribution >= 4 is 33.7 Å². The van der Waals surface area contributed by atoms with Gasteiger partial charge >= 0.3 is 12.5 Å². The van der Waals surface area contributed by atoms with E-state index in [0.29, 0.717) is 24.0 Å². The molecule has 2 amide bonds. The Morgan fingerprint density at radius 1 is 1.29 bits per heavy atom. The molecule has 0 unspecified atom stereocenters. The maximum Gasteiger partial charge on any atom is 0.573 e. The summed E-state index contributed by atoms with van der Waals surface area (Å²) in [5, 5.41) is 15.2. The predicted octanol–water partition coefficient (Wildman–Crippen LogP) is 4.30. The van der Waals surface area contributed by atoms with Crippen molar-refractivity contribution in [3.63, 3.8) is 0 Å². The number of ether oxygens (including phenoxy) is 1. The number of carbonyl (C=O) groups excluding carboxylic acids is 1. The molecule has 4 rings (SSSR count). The first kappa shape index (κ1) is 24.4. The van der Waals surface area contributed by atoms with Crippen LogP contribution in [0.1, 0.15) is 35.1 Å². The molecule has 184 valence electrons. The van der Waals surface area contributed by atoms with Crippen LogP contribution in [0.5, 0.6) is 5.75 Å². The summed E-state index contributed by atoms with van der Waals surface area (Å²) in [6.07, 6.45) is -3.78. The second-order valence-corrected chi connectivity index (χ2v) is 8.25. The van der Waals surface area contributed by atoms with E-state index in [9.17, 15) is 27.9 Å². The van der Waals surface area contributed by atoms with Gasteiger partial charge in [0.05, 0.1) is 5.92 Å². The van der Waals surface area contributed by atoms with Gasteiger partial charge in [0, 0.05) is 24.8 Å². The van der Waals surface area contributed by atoms with Crippen molar-refractivity contribution in [2.24, 2.45) is 0 Å². The van der Waals surface area contributed by atoms with Gasteiger partial charge in [0.15, 0.2) is 11.6 Å². The molecule has 2 N–H and O–H groups in total. The Balaban J connectivity index is 1.59. The van der Waals surface area contributed by atoms with E-state index in [0.717, 1.165) is 12.3 Å². The van der Waals surface area contributed by atoms with Crippen molar-refractivity contribution in [2.75, 3.05) is 18.4 Å². The molecule has 0 aromatic carbocycles. The van der Waals surface area contributed by atoms with Crippen LogP contribution < -0.4 is 10.1 Å². The monoisotopic (exact) mass is 556 g/mol. The first-order chi connectivity index (χ1) is 16.6. The molecule has 11 nitrogen and oxygen atoms in total. The topological polar surface area (TPSA) is 144 Å². The largest absolute Gasteiger partial charge is 0.573 e. The SMILES string of the molecule is O=C(Nc1ncc(-c2noc([C@H]3CCCN(C(=O)O)C3)n2)cc1OC(F)(F)F)c1cccc(Br)n1. The standard InChI is InChI=1S/C20H16BrF3N6O5/c21-14-5-1-4-12(26-14)17(31)27-16-13(34-20(22,23)24)7-11(8-25-16)15-28-18(35-29-15)10-3-2-6-30(9-10)19(32)33/h1,4-5,7-8,10H,2-3,6,9H2,(H,32,33)(H,25,27,31)/t10-/m0/s1. The van der Waals surface area contributed by atoms with Crippen molar-refractivity contribution in [2.45, 2.75) is 25.1 Å². The zero-order valence-electron chi connectivity index (χ0n) is 17.6. The number of hydrogen-bond acceptors (Lipinski definition) is 8. The molecule has 0 radical (unpaired) electrons. The molecule has 35 heavy (non-hydrogen) atoms. The number of carbonyl (C=O) groups is 2. The molecule has 4 heterocycles. The molecule has 3 aromatic rings. The number of nitrogens with one attached hydrogen (secondary N) is 1. The molecule has 1 aliphatic rings. The fourth-order valence-electron chi connectivity index (χ4n) is 3.44. The van der Waals surface area contributed by atoms with Crippen LogP contribution in [0.2, 0.25) is 0 Å². The van der Waals surface area contributed by atoms with Gasteiger partial charge in [-0.3, -0.25) is 4.79 Å². The Bertz CT molecular complexity index is 1250. The highest BCUT2D eigenvalue weighted by Gasteiger charge is 2.34. The lowest BCUT2D eigenvalue weighted by Crippen LogP contribution is -2.38. The van der Waals surface area contributed by atoms with Gasteiger partial charge in [-0.2, -0.15) is 4.98 Å². The molecule has 0 spiro atoms. The van der Waals surface area contributed by atoms with Gasteiger partial charge in [-0.1, -0.05) is 11.2 Å². The zero-order valence-corrected chi connectivity index (χ0v) is 19.2. The number of likely N-dealkylation sites (tertiary alicyclic amines) is 1. The fraction of sp³-hybridized carbons (Fsp3) is 0.300. The highest BCUT2D eigenvalue weighted by atomic mass is 79.9. The molecule has 0 saturated carbocycles. The summed E-state index contributed by atoms with van der Waals surface area (Å²) >= 11 is 3.11. The number of amides is 2. The quantitative estimate of drug-likeness (QED) is 0.439. The predicted molar refractivity (Wildman–Crippen MR) is 116 cm³/mol. The number of aromatic nitrogens is 4. The summed E-state index contributed by atoms with van der Waals surface area (Å²) in [7, 11) is 0. The number of piperidine rings is 1. The van der Waals surface area contributed by atoms with E-state index >= 15 is 0 Å². The van der Waals surface area contributed by atoms with E-state index in [1.165, 1.54) is 17.0 Å². The maximum absolute atomic E-state index is 13.0. The van der Waals surface area contributed by atoms with Gasteiger partial charge in [-0.05, 0) is 47.0 Å². The Morgan fingerprint density at radius 2 is 2.09 bits per heavy atom. The van der Waals surface area contributed by atoms with Crippen LogP contribution in [0.4, 0.5) is 23.8 Å². The first-order valence-electron chi connectivity index (χ1n) is 10.1. The fourth-order valence-corrected chi connectivity index (χ4v) is 3.78. The van der Waals surface area contributed by atoms with Gasteiger partial charge in [0.25, 0.3) is 5.91 Å². The molecular formula is C20H16BrF3N6O5. The number of alkyl halides is 3. The highest BCUT2D eigenvalue weighted by Crippen LogP contribution is 2.33.